The molecule has 0 aromatic carbocycles. The molecule has 0 aliphatic heterocycles. The zero-order valence-corrected chi connectivity index (χ0v) is 10.1. The van der Waals surface area contributed by atoms with Gasteiger partial charge in [0, 0.05) is 25.2 Å². The molecule has 1 heterocycles. The molecule has 0 unspecified atom stereocenters. The molecule has 0 saturated heterocycles. The van der Waals surface area contributed by atoms with Crippen LogP contribution in [0.15, 0.2) is 12.3 Å². The highest BCUT2D eigenvalue weighted by molar-refractivity contribution is 5.89. The molecule has 1 aromatic rings. The van der Waals surface area contributed by atoms with E-state index < -0.39 is 13.0 Å². The van der Waals surface area contributed by atoms with Gasteiger partial charge in [0.1, 0.15) is 6.54 Å². The van der Waals surface area contributed by atoms with Crippen LogP contribution in [-0.2, 0) is 11.3 Å². The van der Waals surface area contributed by atoms with Gasteiger partial charge >= 0.3 is 0 Å². The summed E-state index contributed by atoms with van der Waals surface area (Å²) in [5.74, 6) is 0.0957. The summed E-state index contributed by atoms with van der Waals surface area (Å²) in [7, 11) is 1.74. The fourth-order valence-corrected chi connectivity index (χ4v) is 1.12. The average Bonchev–Trinajstić information content (AvgIpc) is 2.61. The average molecular weight is 269 g/mol. The Morgan fingerprint density at radius 2 is 2.29 bits per heavy atom. The molecule has 0 bridgehead atoms. The fraction of sp³-hybridized carbons (Fsp3) is 0.556. The van der Waals surface area contributed by atoms with E-state index in [1.54, 1.807) is 7.05 Å². The first kappa shape index (κ1) is 15.8. The molecule has 0 aliphatic rings. The zero-order chi connectivity index (χ0) is 12.0. The van der Waals surface area contributed by atoms with Crippen LogP contribution in [-0.4, -0.2) is 35.7 Å². The van der Waals surface area contributed by atoms with Crippen molar-refractivity contribution in [2.45, 2.75) is 19.4 Å². The molecular weight excluding hydrogens is 254 g/mol. The van der Waals surface area contributed by atoms with Crippen molar-refractivity contribution in [1.82, 2.24) is 15.1 Å². The molecule has 0 fully saturated rings. The number of nitrogens with one attached hydrogen (secondary N) is 2. The van der Waals surface area contributed by atoms with E-state index in [0.29, 0.717) is 18.8 Å². The Bertz CT molecular complexity index is 345. The third-order valence-electron chi connectivity index (χ3n) is 1.84. The summed E-state index contributed by atoms with van der Waals surface area (Å²) in [5, 5.41) is 9.13. The quantitative estimate of drug-likeness (QED) is 0.813. The van der Waals surface area contributed by atoms with Crippen LogP contribution >= 0.6 is 12.4 Å². The molecule has 0 aliphatic carbocycles. The molecule has 0 spiro atoms. The van der Waals surface area contributed by atoms with Crippen molar-refractivity contribution in [2.75, 3.05) is 18.9 Å². The third-order valence-corrected chi connectivity index (χ3v) is 1.84. The van der Waals surface area contributed by atoms with E-state index in [4.69, 9.17) is 0 Å². The van der Waals surface area contributed by atoms with Gasteiger partial charge in [-0.05, 0) is 7.05 Å². The van der Waals surface area contributed by atoms with Gasteiger partial charge in [0.05, 0.1) is 0 Å². The topological polar surface area (TPSA) is 59.0 Å². The van der Waals surface area contributed by atoms with E-state index in [0.717, 1.165) is 4.68 Å². The molecule has 2 N–H and O–H groups in total. The molecular formula is C9H15ClF2N4O. The van der Waals surface area contributed by atoms with Crippen LogP contribution in [0.5, 0.6) is 0 Å². The zero-order valence-electron chi connectivity index (χ0n) is 9.32. The summed E-state index contributed by atoms with van der Waals surface area (Å²) in [6.45, 7) is 0.0932. The molecule has 1 aromatic heterocycles. The first-order valence-corrected chi connectivity index (χ1v) is 4.88. The Kier molecular flexibility index (Phi) is 7.40. The Morgan fingerprint density at radius 1 is 1.59 bits per heavy atom. The number of halogens is 3. The monoisotopic (exact) mass is 268 g/mol. The summed E-state index contributed by atoms with van der Waals surface area (Å²) >= 11 is 0. The van der Waals surface area contributed by atoms with Crippen LogP contribution in [0.2, 0.25) is 0 Å². The van der Waals surface area contributed by atoms with Crippen molar-refractivity contribution < 1.29 is 13.6 Å². The van der Waals surface area contributed by atoms with E-state index in [1.165, 1.54) is 12.3 Å². The minimum atomic E-state index is -2.45. The number of alkyl halides is 2. The molecule has 98 valence electrons. The summed E-state index contributed by atoms with van der Waals surface area (Å²) in [5.41, 5.74) is 0. The molecule has 17 heavy (non-hydrogen) atoms. The number of carbonyl (C=O) groups is 1. The standard InChI is InChI=1S/C9H14F2N4O.ClH/c1-12-4-2-9(16)13-8-3-5-15(14-8)6-7(10)11;/h3,5,7,12H,2,4,6H2,1H3,(H,13,14,16);1H. The van der Waals surface area contributed by atoms with Crippen molar-refractivity contribution in [1.29, 1.82) is 0 Å². The maximum absolute atomic E-state index is 12.0. The highest BCUT2D eigenvalue weighted by Gasteiger charge is 2.07. The van der Waals surface area contributed by atoms with Crippen molar-refractivity contribution in [3.05, 3.63) is 12.3 Å². The van der Waals surface area contributed by atoms with Gasteiger partial charge in [0.15, 0.2) is 5.82 Å². The fourth-order valence-electron chi connectivity index (χ4n) is 1.12. The summed E-state index contributed by atoms with van der Waals surface area (Å²) in [6, 6.07) is 1.49. The second-order valence-corrected chi connectivity index (χ2v) is 3.22. The van der Waals surface area contributed by atoms with Gasteiger partial charge < -0.3 is 10.6 Å². The minimum Gasteiger partial charge on any atom is -0.319 e. The first-order chi connectivity index (χ1) is 7.61. The number of carbonyl (C=O) groups excluding carboxylic acids is 1. The molecule has 1 rings (SSSR count). The lowest BCUT2D eigenvalue weighted by atomic mass is 10.4. The number of rotatable bonds is 6. The maximum Gasteiger partial charge on any atom is 0.257 e. The van der Waals surface area contributed by atoms with Crippen LogP contribution in [0.3, 0.4) is 0 Å². The highest BCUT2D eigenvalue weighted by Crippen LogP contribution is 2.05. The maximum atomic E-state index is 12.0. The van der Waals surface area contributed by atoms with Gasteiger partial charge in [-0.3, -0.25) is 9.48 Å². The SMILES string of the molecule is CNCCC(=O)Nc1ccn(CC(F)F)n1.Cl. The Labute approximate surface area is 104 Å². The van der Waals surface area contributed by atoms with E-state index in [2.05, 4.69) is 15.7 Å². The lowest BCUT2D eigenvalue weighted by molar-refractivity contribution is -0.116. The first-order valence-electron chi connectivity index (χ1n) is 4.88. The third kappa shape index (κ3) is 6.18. The van der Waals surface area contributed by atoms with E-state index in [9.17, 15) is 13.6 Å². The normalized spacial score (nSPS) is 10.1. The number of aromatic nitrogens is 2. The van der Waals surface area contributed by atoms with Crippen molar-refractivity contribution in [3.63, 3.8) is 0 Å². The summed E-state index contributed by atoms with van der Waals surface area (Å²) in [6.07, 6.45) is -0.731. The van der Waals surface area contributed by atoms with Crippen LogP contribution in [0.25, 0.3) is 0 Å². The Morgan fingerprint density at radius 3 is 2.88 bits per heavy atom. The number of anilines is 1. The van der Waals surface area contributed by atoms with Crippen LogP contribution in [0.1, 0.15) is 6.42 Å². The van der Waals surface area contributed by atoms with Crippen LogP contribution in [0.4, 0.5) is 14.6 Å². The predicted octanol–water partition coefficient (Wildman–Crippen LogP) is 1.12. The van der Waals surface area contributed by atoms with Gasteiger partial charge in [0.25, 0.3) is 6.43 Å². The molecule has 0 radical (unpaired) electrons. The van der Waals surface area contributed by atoms with Gasteiger partial charge in [-0.15, -0.1) is 12.4 Å². The highest BCUT2D eigenvalue weighted by atomic mass is 35.5. The molecule has 1 amide bonds. The van der Waals surface area contributed by atoms with Gasteiger partial charge in [-0.1, -0.05) is 0 Å². The second kappa shape index (κ2) is 7.97. The van der Waals surface area contributed by atoms with E-state index >= 15 is 0 Å². The van der Waals surface area contributed by atoms with Crippen LogP contribution < -0.4 is 10.6 Å². The van der Waals surface area contributed by atoms with Gasteiger partial charge in [0.2, 0.25) is 5.91 Å². The largest absolute Gasteiger partial charge is 0.319 e. The molecule has 0 atom stereocenters. The summed E-state index contributed by atoms with van der Waals surface area (Å²) < 4.78 is 25.1. The van der Waals surface area contributed by atoms with Crippen molar-refractivity contribution in [3.8, 4) is 0 Å². The van der Waals surface area contributed by atoms with E-state index in [-0.39, 0.29) is 18.3 Å². The number of nitrogens with zero attached hydrogens (tertiary/aromatic N) is 2. The smallest absolute Gasteiger partial charge is 0.257 e. The van der Waals surface area contributed by atoms with E-state index in [1.807, 2.05) is 0 Å². The molecule has 8 heteroatoms. The lowest BCUT2D eigenvalue weighted by Gasteiger charge is -2.01. The minimum absolute atomic E-state index is 0. The van der Waals surface area contributed by atoms with Crippen molar-refractivity contribution in [2.24, 2.45) is 0 Å². The number of hydrogen-bond donors (Lipinski definition) is 2. The second-order valence-electron chi connectivity index (χ2n) is 3.22. The van der Waals surface area contributed by atoms with Crippen molar-refractivity contribution >= 4 is 24.1 Å². The van der Waals surface area contributed by atoms with Crippen LogP contribution in [0, 0.1) is 0 Å². The molecule has 5 nitrogen and oxygen atoms in total. The Hall–Kier alpha value is -1.21. The van der Waals surface area contributed by atoms with Gasteiger partial charge in [-0.2, -0.15) is 5.10 Å². The van der Waals surface area contributed by atoms with Gasteiger partial charge in [-0.25, -0.2) is 8.78 Å². The number of hydrogen-bond acceptors (Lipinski definition) is 3. The number of amides is 1. The molecule has 0 saturated carbocycles. The predicted molar refractivity (Wildman–Crippen MR) is 62.7 cm³/mol. The lowest BCUT2D eigenvalue weighted by Crippen LogP contribution is -2.19. The summed E-state index contributed by atoms with van der Waals surface area (Å²) in [4.78, 5) is 11.3. The Balaban J connectivity index is 0.00000256.